The summed E-state index contributed by atoms with van der Waals surface area (Å²) in [6.07, 6.45) is 1.86. The summed E-state index contributed by atoms with van der Waals surface area (Å²) in [5.74, 6) is 0.951. The van der Waals surface area contributed by atoms with E-state index < -0.39 is 0 Å². The van der Waals surface area contributed by atoms with E-state index in [1.165, 1.54) is 0 Å². The Morgan fingerprint density at radius 3 is 2.89 bits per heavy atom. The van der Waals surface area contributed by atoms with Crippen LogP contribution in [-0.2, 0) is 4.74 Å². The van der Waals surface area contributed by atoms with Crippen molar-refractivity contribution in [2.24, 2.45) is 0 Å². The number of halogens is 1. The highest BCUT2D eigenvalue weighted by Gasteiger charge is 2.23. The minimum Gasteiger partial charge on any atom is -0.378 e. The molecule has 1 aromatic carbocycles. The van der Waals surface area contributed by atoms with E-state index in [9.17, 15) is 0 Å². The summed E-state index contributed by atoms with van der Waals surface area (Å²) in [6, 6.07) is 7.94. The van der Waals surface area contributed by atoms with E-state index in [1.54, 1.807) is 0 Å². The normalized spacial score (nSPS) is 20.6. The summed E-state index contributed by atoms with van der Waals surface area (Å²) >= 11 is 5.90. The van der Waals surface area contributed by atoms with Gasteiger partial charge < -0.3 is 9.72 Å². The number of hydrogen-bond acceptors (Lipinski definition) is 3. The summed E-state index contributed by atoms with van der Waals surface area (Å²) in [4.78, 5) is 10.1. The summed E-state index contributed by atoms with van der Waals surface area (Å²) < 4.78 is 5.52. The lowest BCUT2D eigenvalue weighted by Gasteiger charge is -2.30. The average Bonchev–Trinajstić information content (AvgIpc) is 2.89. The maximum absolute atomic E-state index is 5.90. The van der Waals surface area contributed by atoms with Crippen molar-refractivity contribution in [3.8, 4) is 11.3 Å². The SMILES string of the molecule is CN1CCOCC1c1ncc(-c2ccc(Cl)cc2)[nH]1. The van der Waals surface area contributed by atoms with Crippen LogP contribution >= 0.6 is 11.6 Å². The minimum atomic E-state index is 0.204. The van der Waals surface area contributed by atoms with Crippen molar-refractivity contribution < 1.29 is 4.74 Å². The van der Waals surface area contributed by atoms with Gasteiger partial charge in [-0.1, -0.05) is 23.7 Å². The number of nitrogens with zero attached hydrogens (tertiary/aromatic N) is 2. The predicted molar refractivity (Wildman–Crippen MR) is 75.2 cm³/mol. The van der Waals surface area contributed by atoms with Gasteiger partial charge in [0.1, 0.15) is 5.82 Å². The lowest BCUT2D eigenvalue weighted by atomic mass is 10.2. The minimum absolute atomic E-state index is 0.204. The first-order valence-corrected chi connectivity index (χ1v) is 6.70. The zero-order valence-electron chi connectivity index (χ0n) is 10.8. The Morgan fingerprint density at radius 1 is 1.37 bits per heavy atom. The molecule has 0 aliphatic carbocycles. The second kappa shape index (κ2) is 5.33. The van der Waals surface area contributed by atoms with Crippen molar-refractivity contribution in [1.82, 2.24) is 14.9 Å². The number of imidazole rings is 1. The van der Waals surface area contributed by atoms with E-state index in [0.717, 1.165) is 35.3 Å². The topological polar surface area (TPSA) is 41.1 Å². The van der Waals surface area contributed by atoms with Gasteiger partial charge in [0, 0.05) is 11.6 Å². The third kappa shape index (κ3) is 2.66. The van der Waals surface area contributed by atoms with E-state index in [0.29, 0.717) is 6.61 Å². The summed E-state index contributed by atoms with van der Waals surface area (Å²) in [5.41, 5.74) is 2.09. The van der Waals surface area contributed by atoms with Crippen molar-refractivity contribution in [1.29, 1.82) is 0 Å². The Balaban J connectivity index is 1.84. The molecule has 4 nitrogen and oxygen atoms in total. The predicted octanol–water partition coefficient (Wildman–Crippen LogP) is 2.73. The van der Waals surface area contributed by atoms with E-state index in [2.05, 4.69) is 21.9 Å². The third-order valence-electron chi connectivity index (χ3n) is 3.46. The maximum atomic E-state index is 5.90. The molecule has 1 atom stereocenters. The summed E-state index contributed by atoms with van der Waals surface area (Å²) in [7, 11) is 2.09. The van der Waals surface area contributed by atoms with Crippen LogP contribution in [0.4, 0.5) is 0 Å². The summed E-state index contributed by atoms with van der Waals surface area (Å²) in [5, 5.41) is 0.740. The van der Waals surface area contributed by atoms with Crippen LogP contribution in [-0.4, -0.2) is 41.7 Å². The Kier molecular flexibility index (Phi) is 3.55. The van der Waals surface area contributed by atoms with Crippen molar-refractivity contribution in [3.05, 3.63) is 41.3 Å². The number of ether oxygens (including phenoxy) is 1. The molecule has 1 aliphatic rings. The highest BCUT2D eigenvalue weighted by atomic mass is 35.5. The number of aromatic nitrogens is 2. The molecule has 2 heterocycles. The molecule has 1 aliphatic heterocycles. The number of benzene rings is 1. The largest absolute Gasteiger partial charge is 0.378 e. The average molecular weight is 278 g/mol. The first-order valence-electron chi connectivity index (χ1n) is 6.33. The van der Waals surface area contributed by atoms with Gasteiger partial charge in [0.05, 0.1) is 31.1 Å². The van der Waals surface area contributed by atoms with Crippen LogP contribution in [0.5, 0.6) is 0 Å². The Hall–Kier alpha value is -1.36. The molecule has 0 bridgehead atoms. The molecule has 5 heteroatoms. The molecular formula is C14H16ClN3O. The molecule has 1 N–H and O–H groups in total. The molecule has 1 unspecified atom stereocenters. The monoisotopic (exact) mass is 277 g/mol. The quantitative estimate of drug-likeness (QED) is 0.918. The zero-order valence-corrected chi connectivity index (χ0v) is 11.5. The molecule has 100 valence electrons. The summed E-state index contributed by atoms with van der Waals surface area (Å²) in [6.45, 7) is 2.41. The number of hydrogen-bond donors (Lipinski definition) is 1. The van der Waals surface area contributed by atoms with Gasteiger partial charge in [-0.2, -0.15) is 0 Å². The van der Waals surface area contributed by atoms with Crippen LogP contribution in [0, 0.1) is 0 Å². The molecule has 3 rings (SSSR count). The van der Waals surface area contributed by atoms with E-state index in [4.69, 9.17) is 16.3 Å². The molecular weight excluding hydrogens is 262 g/mol. The Bertz CT molecular complexity index is 552. The van der Waals surface area contributed by atoms with Crippen LogP contribution in [0.25, 0.3) is 11.3 Å². The van der Waals surface area contributed by atoms with E-state index in [1.807, 2.05) is 30.5 Å². The molecule has 0 amide bonds. The highest BCUT2D eigenvalue weighted by molar-refractivity contribution is 6.30. The smallest absolute Gasteiger partial charge is 0.126 e. The Morgan fingerprint density at radius 2 is 2.16 bits per heavy atom. The second-order valence-corrected chi connectivity index (χ2v) is 5.20. The number of rotatable bonds is 2. The molecule has 1 fully saturated rings. The zero-order chi connectivity index (χ0) is 13.2. The van der Waals surface area contributed by atoms with Crippen LogP contribution in [0.1, 0.15) is 11.9 Å². The van der Waals surface area contributed by atoms with Gasteiger partial charge in [-0.25, -0.2) is 4.98 Å². The van der Waals surface area contributed by atoms with Crippen LogP contribution in [0.15, 0.2) is 30.5 Å². The van der Waals surface area contributed by atoms with Gasteiger partial charge >= 0.3 is 0 Å². The first-order chi connectivity index (χ1) is 9.24. The van der Waals surface area contributed by atoms with Gasteiger partial charge in [-0.3, -0.25) is 4.90 Å². The molecule has 19 heavy (non-hydrogen) atoms. The van der Waals surface area contributed by atoms with Crippen LogP contribution in [0.2, 0.25) is 5.02 Å². The number of H-pyrrole nitrogens is 1. The first kappa shape index (κ1) is 12.7. The van der Waals surface area contributed by atoms with Gasteiger partial charge in [-0.05, 0) is 24.7 Å². The number of likely N-dealkylation sites (N-methyl/N-ethyl adjacent to an activating group) is 1. The fourth-order valence-electron chi connectivity index (χ4n) is 2.26. The Labute approximate surface area is 117 Å². The van der Waals surface area contributed by atoms with Gasteiger partial charge in [-0.15, -0.1) is 0 Å². The van der Waals surface area contributed by atoms with Crippen LogP contribution < -0.4 is 0 Å². The fourth-order valence-corrected chi connectivity index (χ4v) is 2.38. The molecule has 0 spiro atoms. The van der Waals surface area contributed by atoms with Crippen molar-refractivity contribution in [2.45, 2.75) is 6.04 Å². The number of morpholine rings is 1. The number of nitrogens with one attached hydrogen (secondary N) is 1. The molecule has 0 saturated carbocycles. The van der Waals surface area contributed by atoms with Crippen molar-refractivity contribution in [2.75, 3.05) is 26.8 Å². The van der Waals surface area contributed by atoms with Gasteiger partial charge in [0.15, 0.2) is 0 Å². The molecule has 0 radical (unpaired) electrons. The third-order valence-corrected chi connectivity index (χ3v) is 3.71. The fraction of sp³-hybridized carbons (Fsp3) is 0.357. The highest BCUT2D eigenvalue weighted by Crippen LogP contribution is 2.24. The number of aromatic amines is 1. The maximum Gasteiger partial charge on any atom is 0.126 e. The molecule has 2 aromatic rings. The lowest BCUT2D eigenvalue weighted by Crippen LogP contribution is -2.37. The van der Waals surface area contributed by atoms with Gasteiger partial charge in [0.25, 0.3) is 0 Å². The van der Waals surface area contributed by atoms with Gasteiger partial charge in [0.2, 0.25) is 0 Å². The molecule has 1 saturated heterocycles. The lowest BCUT2D eigenvalue weighted by molar-refractivity contribution is 0.00215. The molecule has 1 aromatic heterocycles. The van der Waals surface area contributed by atoms with Crippen molar-refractivity contribution in [3.63, 3.8) is 0 Å². The van der Waals surface area contributed by atoms with Crippen molar-refractivity contribution >= 4 is 11.6 Å². The van der Waals surface area contributed by atoms with E-state index in [-0.39, 0.29) is 6.04 Å². The second-order valence-electron chi connectivity index (χ2n) is 4.76. The standard InChI is InChI=1S/C14H16ClN3O/c1-18-6-7-19-9-13(18)14-16-8-12(17-14)10-2-4-11(15)5-3-10/h2-5,8,13H,6-7,9H2,1H3,(H,16,17). The van der Waals surface area contributed by atoms with E-state index >= 15 is 0 Å². The van der Waals surface area contributed by atoms with Crippen LogP contribution in [0.3, 0.4) is 0 Å².